The Balaban J connectivity index is 3.06. The maximum Gasteiger partial charge on any atom is 0.285 e. The first kappa shape index (κ1) is 10.2. The maximum absolute atomic E-state index is 10.9. The number of benzene rings is 1. The third kappa shape index (κ3) is 2.51. The van der Waals surface area contributed by atoms with Crippen molar-refractivity contribution in [2.45, 2.75) is 5.37 Å². The van der Waals surface area contributed by atoms with Crippen molar-refractivity contribution in [2.24, 2.45) is 0 Å². The first-order valence-electron chi connectivity index (χ1n) is 3.74. The molecule has 1 aromatic rings. The number of hydrogen-bond acceptors (Lipinski definition) is 3. The van der Waals surface area contributed by atoms with Crippen molar-refractivity contribution < 1.29 is 13.0 Å². The first-order chi connectivity index (χ1) is 6.05. The van der Waals surface area contributed by atoms with E-state index in [2.05, 4.69) is 5.32 Å². The van der Waals surface area contributed by atoms with Crippen LogP contribution >= 0.6 is 0 Å². The zero-order valence-corrected chi connectivity index (χ0v) is 7.95. The molecule has 0 fully saturated rings. The normalized spacial score (nSPS) is 14.0. The fraction of sp³-hybridized carbons (Fsp3) is 0.250. The van der Waals surface area contributed by atoms with Crippen molar-refractivity contribution in [3.05, 3.63) is 35.9 Å². The molecule has 72 valence electrons. The minimum Gasteiger partial charge on any atom is -0.298 e. The van der Waals surface area contributed by atoms with Gasteiger partial charge in [0.15, 0.2) is 5.37 Å². The van der Waals surface area contributed by atoms with Crippen LogP contribution < -0.4 is 5.32 Å². The maximum atomic E-state index is 10.9. The summed E-state index contributed by atoms with van der Waals surface area (Å²) in [7, 11) is -2.60. The molecule has 0 spiro atoms. The molecule has 4 nitrogen and oxygen atoms in total. The average Bonchev–Trinajstić information content (AvgIpc) is 2.05. The smallest absolute Gasteiger partial charge is 0.285 e. The summed E-state index contributed by atoms with van der Waals surface area (Å²) in [6, 6.07) is 8.47. The highest BCUT2D eigenvalue weighted by molar-refractivity contribution is 7.86. The molecule has 2 N–H and O–H groups in total. The molecular weight excluding hydrogens is 190 g/mol. The molecule has 5 heteroatoms. The topological polar surface area (TPSA) is 66.4 Å². The summed E-state index contributed by atoms with van der Waals surface area (Å²) in [4.78, 5) is 0. The van der Waals surface area contributed by atoms with Crippen molar-refractivity contribution >= 4 is 10.1 Å². The van der Waals surface area contributed by atoms with E-state index in [1.807, 2.05) is 0 Å². The fourth-order valence-corrected chi connectivity index (χ4v) is 1.91. The molecule has 0 saturated heterocycles. The molecule has 0 heterocycles. The Morgan fingerprint density at radius 2 is 1.85 bits per heavy atom. The van der Waals surface area contributed by atoms with Crippen LogP contribution in [0.25, 0.3) is 0 Å². The minimum atomic E-state index is -4.08. The molecule has 1 unspecified atom stereocenters. The van der Waals surface area contributed by atoms with Gasteiger partial charge in [0.1, 0.15) is 0 Å². The molecule has 1 aromatic carbocycles. The van der Waals surface area contributed by atoms with E-state index in [1.165, 1.54) is 7.05 Å². The molecule has 0 saturated carbocycles. The van der Waals surface area contributed by atoms with Gasteiger partial charge in [-0.1, -0.05) is 30.3 Å². The predicted octanol–water partition coefficient (Wildman–Crippen LogP) is 0.792. The lowest BCUT2D eigenvalue weighted by Crippen LogP contribution is -2.24. The lowest BCUT2D eigenvalue weighted by Gasteiger charge is -2.12. The van der Waals surface area contributed by atoms with Gasteiger partial charge in [-0.3, -0.25) is 9.87 Å². The molecule has 13 heavy (non-hydrogen) atoms. The van der Waals surface area contributed by atoms with Gasteiger partial charge in [0.25, 0.3) is 10.1 Å². The fourth-order valence-electron chi connectivity index (χ4n) is 1.12. The van der Waals surface area contributed by atoms with Gasteiger partial charge in [-0.2, -0.15) is 8.42 Å². The lowest BCUT2D eigenvalue weighted by atomic mass is 10.2. The third-order valence-corrected chi connectivity index (χ3v) is 2.77. The molecule has 0 aliphatic carbocycles. The standard InChI is InChI=1S/C8H11NO3S/c1-9-8(13(10,11)12)7-5-3-2-4-6-7/h2-6,8-9H,1H3,(H,10,11,12). The Morgan fingerprint density at radius 1 is 1.31 bits per heavy atom. The van der Waals surface area contributed by atoms with Crippen molar-refractivity contribution in [1.82, 2.24) is 5.32 Å². The SMILES string of the molecule is CNC(c1ccccc1)S(=O)(=O)O. The second-order valence-corrected chi connectivity index (χ2v) is 4.10. The molecule has 0 aromatic heterocycles. The Labute approximate surface area is 77.3 Å². The largest absolute Gasteiger partial charge is 0.298 e. The number of nitrogens with one attached hydrogen (secondary N) is 1. The highest BCUT2D eigenvalue weighted by atomic mass is 32.2. The molecule has 1 rings (SSSR count). The predicted molar refractivity (Wildman–Crippen MR) is 49.8 cm³/mol. The summed E-state index contributed by atoms with van der Waals surface area (Å²) in [5, 5.41) is 1.47. The van der Waals surface area contributed by atoms with Gasteiger partial charge in [0.05, 0.1) is 0 Å². The Bertz CT molecular complexity index is 360. The van der Waals surface area contributed by atoms with Gasteiger partial charge < -0.3 is 0 Å². The second-order valence-electron chi connectivity index (χ2n) is 2.59. The van der Waals surface area contributed by atoms with E-state index in [9.17, 15) is 8.42 Å². The summed E-state index contributed by atoms with van der Waals surface area (Å²) in [6.07, 6.45) is 0. The first-order valence-corrected chi connectivity index (χ1v) is 5.24. The molecule has 0 bridgehead atoms. The zero-order valence-electron chi connectivity index (χ0n) is 7.14. The van der Waals surface area contributed by atoms with Crippen LogP contribution in [0.4, 0.5) is 0 Å². The summed E-state index contributed by atoms with van der Waals surface area (Å²) in [5.41, 5.74) is 0.521. The molecule has 1 atom stereocenters. The van der Waals surface area contributed by atoms with E-state index in [1.54, 1.807) is 30.3 Å². The van der Waals surface area contributed by atoms with Crippen LogP contribution in [0.1, 0.15) is 10.9 Å². The van der Waals surface area contributed by atoms with Crippen molar-refractivity contribution in [3.63, 3.8) is 0 Å². The van der Waals surface area contributed by atoms with Gasteiger partial charge in [0, 0.05) is 0 Å². The van der Waals surface area contributed by atoms with Crippen LogP contribution in [-0.4, -0.2) is 20.0 Å². The zero-order chi connectivity index (χ0) is 9.90. The van der Waals surface area contributed by atoms with E-state index in [0.29, 0.717) is 5.56 Å². The van der Waals surface area contributed by atoms with Gasteiger partial charge in [-0.15, -0.1) is 0 Å². The molecular formula is C8H11NO3S. The quantitative estimate of drug-likeness (QED) is 0.710. The summed E-state index contributed by atoms with van der Waals surface area (Å²) in [6.45, 7) is 0. The Hall–Kier alpha value is -0.910. The van der Waals surface area contributed by atoms with E-state index in [-0.39, 0.29) is 0 Å². The van der Waals surface area contributed by atoms with E-state index in [0.717, 1.165) is 0 Å². The van der Waals surface area contributed by atoms with Crippen LogP contribution in [0, 0.1) is 0 Å². The van der Waals surface area contributed by atoms with Gasteiger partial charge in [-0.25, -0.2) is 0 Å². The van der Waals surface area contributed by atoms with Gasteiger partial charge in [0.2, 0.25) is 0 Å². The monoisotopic (exact) mass is 201 g/mol. The third-order valence-electron chi connectivity index (χ3n) is 1.66. The van der Waals surface area contributed by atoms with Gasteiger partial charge >= 0.3 is 0 Å². The van der Waals surface area contributed by atoms with E-state index in [4.69, 9.17) is 4.55 Å². The van der Waals surface area contributed by atoms with Crippen LogP contribution in [0.5, 0.6) is 0 Å². The molecule has 0 radical (unpaired) electrons. The minimum absolute atomic E-state index is 0.521. The summed E-state index contributed by atoms with van der Waals surface area (Å²) >= 11 is 0. The molecule has 0 aliphatic rings. The van der Waals surface area contributed by atoms with Crippen LogP contribution in [-0.2, 0) is 10.1 Å². The summed E-state index contributed by atoms with van der Waals surface area (Å²) < 4.78 is 30.6. The highest BCUT2D eigenvalue weighted by Gasteiger charge is 2.22. The van der Waals surface area contributed by atoms with E-state index < -0.39 is 15.5 Å². The number of rotatable bonds is 3. The highest BCUT2D eigenvalue weighted by Crippen LogP contribution is 2.16. The second kappa shape index (κ2) is 3.87. The molecule has 0 aliphatic heterocycles. The van der Waals surface area contributed by atoms with Gasteiger partial charge in [-0.05, 0) is 12.6 Å². The Morgan fingerprint density at radius 3 is 2.23 bits per heavy atom. The number of hydrogen-bond donors (Lipinski definition) is 2. The van der Waals surface area contributed by atoms with Crippen molar-refractivity contribution in [2.75, 3.05) is 7.05 Å². The van der Waals surface area contributed by atoms with Crippen molar-refractivity contribution in [3.8, 4) is 0 Å². The molecule has 0 amide bonds. The average molecular weight is 201 g/mol. The van der Waals surface area contributed by atoms with Crippen LogP contribution in [0.2, 0.25) is 0 Å². The summed E-state index contributed by atoms with van der Waals surface area (Å²) in [5.74, 6) is 0. The van der Waals surface area contributed by atoms with E-state index >= 15 is 0 Å². The van der Waals surface area contributed by atoms with Crippen LogP contribution in [0.3, 0.4) is 0 Å². The van der Waals surface area contributed by atoms with Crippen molar-refractivity contribution in [1.29, 1.82) is 0 Å². The lowest BCUT2D eigenvalue weighted by molar-refractivity contribution is 0.459. The van der Waals surface area contributed by atoms with Crippen LogP contribution in [0.15, 0.2) is 30.3 Å². The Kier molecular flexibility index (Phi) is 3.02.